The fourth-order valence-corrected chi connectivity index (χ4v) is 1.86. The van der Waals surface area contributed by atoms with Crippen molar-refractivity contribution in [1.29, 1.82) is 0 Å². The molecule has 0 aliphatic carbocycles. The summed E-state index contributed by atoms with van der Waals surface area (Å²) in [5.41, 5.74) is 0.159. The Morgan fingerprint density at radius 2 is 2.00 bits per heavy atom. The average molecular weight is 286 g/mol. The van der Waals surface area contributed by atoms with Crippen LogP contribution in [-0.2, 0) is 11.3 Å². The van der Waals surface area contributed by atoms with Gasteiger partial charge in [0, 0.05) is 25.8 Å². The fraction of sp³-hybridized carbons (Fsp3) is 0.714. The molecule has 0 N–H and O–H groups in total. The molecule has 0 radical (unpaired) electrons. The Morgan fingerprint density at radius 3 is 2.53 bits per heavy atom. The third-order valence-electron chi connectivity index (χ3n) is 3.36. The van der Waals surface area contributed by atoms with E-state index in [1.165, 1.54) is 0 Å². The molecular formula is C14H24ClN3O. The smallest absolute Gasteiger partial charge is 0.158 e. The Balaban J connectivity index is 2.96. The first-order valence-electron chi connectivity index (χ1n) is 6.59. The first-order chi connectivity index (χ1) is 8.75. The Kier molecular flexibility index (Phi) is 5.56. The maximum Gasteiger partial charge on any atom is 0.158 e. The van der Waals surface area contributed by atoms with Crippen molar-refractivity contribution in [2.75, 3.05) is 18.6 Å². The quantitative estimate of drug-likeness (QED) is 0.776. The summed E-state index contributed by atoms with van der Waals surface area (Å²) >= 11 is 6.06. The summed E-state index contributed by atoms with van der Waals surface area (Å²) in [6.07, 6.45) is 0. The van der Waals surface area contributed by atoms with Gasteiger partial charge in [0.1, 0.15) is 17.6 Å². The van der Waals surface area contributed by atoms with Gasteiger partial charge in [0.15, 0.2) is 5.82 Å². The zero-order valence-corrected chi connectivity index (χ0v) is 13.5. The highest BCUT2D eigenvalue weighted by atomic mass is 35.5. The van der Waals surface area contributed by atoms with Crippen LogP contribution in [-0.4, -0.2) is 29.7 Å². The number of anilines is 1. The lowest BCUT2D eigenvalue weighted by Crippen LogP contribution is -2.40. The Morgan fingerprint density at radius 1 is 1.37 bits per heavy atom. The van der Waals surface area contributed by atoms with E-state index in [1.54, 1.807) is 6.07 Å². The predicted molar refractivity (Wildman–Crippen MR) is 79.7 cm³/mol. The molecule has 0 spiro atoms. The molecule has 0 amide bonds. The summed E-state index contributed by atoms with van der Waals surface area (Å²) < 4.78 is 5.33. The monoisotopic (exact) mass is 285 g/mol. The van der Waals surface area contributed by atoms with Crippen molar-refractivity contribution in [3.05, 3.63) is 17.0 Å². The summed E-state index contributed by atoms with van der Waals surface area (Å²) in [7, 11) is 2.03. The van der Waals surface area contributed by atoms with Crippen molar-refractivity contribution in [2.24, 2.45) is 5.41 Å². The molecule has 1 rings (SSSR count). The Labute approximate surface area is 121 Å². The van der Waals surface area contributed by atoms with Crippen LogP contribution in [0, 0.1) is 5.41 Å². The second kappa shape index (κ2) is 6.53. The zero-order valence-electron chi connectivity index (χ0n) is 12.7. The first-order valence-corrected chi connectivity index (χ1v) is 6.97. The van der Waals surface area contributed by atoms with Crippen molar-refractivity contribution in [3.63, 3.8) is 0 Å². The summed E-state index contributed by atoms with van der Waals surface area (Å²) in [5.74, 6) is 1.45. The van der Waals surface area contributed by atoms with Crippen LogP contribution >= 0.6 is 11.6 Å². The highest BCUT2D eigenvalue weighted by molar-refractivity contribution is 6.29. The van der Waals surface area contributed by atoms with E-state index in [1.807, 2.05) is 14.0 Å². The zero-order chi connectivity index (χ0) is 14.6. The SMILES string of the molecule is CCOCc1nc(Cl)cc(N(C)C(C)C(C)(C)C)n1. The summed E-state index contributed by atoms with van der Waals surface area (Å²) in [6.45, 7) is 11.8. The lowest BCUT2D eigenvalue weighted by molar-refractivity contribution is 0.128. The Bertz CT molecular complexity index is 418. The highest BCUT2D eigenvalue weighted by Crippen LogP contribution is 2.27. The molecule has 1 unspecified atom stereocenters. The van der Waals surface area contributed by atoms with Crippen LogP contribution in [0.1, 0.15) is 40.4 Å². The minimum absolute atomic E-state index is 0.159. The van der Waals surface area contributed by atoms with Crippen molar-refractivity contribution < 1.29 is 4.74 Å². The highest BCUT2D eigenvalue weighted by Gasteiger charge is 2.25. The summed E-state index contributed by atoms with van der Waals surface area (Å²) in [6, 6.07) is 2.12. The van der Waals surface area contributed by atoms with Gasteiger partial charge in [-0.1, -0.05) is 32.4 Å². The van der Waals surface area contributed by atoms with Gasteiger partial charge < -0.3 is 9.64 Å². The molecular weight excluding hydrogens is 262 g/mol. The van der Waals surface area contributed by atoms with Crippen molar-refractivity contribution in [3.8, 4) is 0 Å². The van der Waals surface area contributed by atoms with Gasteiger partial charge in [-0.15, -0.1) is 0 Å². The third-order valence-corrected chi connectivity index (χ3v) is 3.55. The minimum Gasteiger partial charge on any atom is -0.374 e. The van der Waals surface area contributed by atoms with Crippen LogP contribution in [0.4, 0.5) is 5.82 Å². The number of hydrogen-bond acceptors (Lipinski definition) is 4. The normalized spacial score (nSPS) is 13.4. The van der Waals surface area contributed by atoms with Crippen molar-refractivity contribution in [1.82, 2.24) is 9.97 Å². The van der Waals surface area contributed by atoms with Gasteiger partial charge in [0.25, 0.3) is 0 Å². The van der Waals surface area contributed by atoms with E-state index in [9.17, 15) is 0 Å². The molecule has 5 heteroatoms. The van der Waals surface area contributed by atoms with Gasteiger partial charge in [-0.3, -0.25) is 0 Å². The number of aromatic nitrogens is 2. The van der Waals surface area contributed by atoms with Crippen LogP contribution in [0.25, 0.3) is 0 Å². The van der Waals surface area contributed by atoms with E-state index in [-0.39, 0.29) is 5.41 Å². The number of ether oxygens (including phenoxy) is 1. The van der Waals surface area contributed by atoms with Gasteiger partial charge >= 0.3 is 0 Å². The molecule has 0 aliphatic heterocycles. The lowest BCUT2D eigenvalue weighted by Gasteiger charge is -2.36. The number of rotatable bonds is 5. The third kappa shape index (κ3) is 4.62. The largest absolute Gasteiger partial charge is 0.374 e. The molecule has 1 atom stereocenters. The second-order valence-electron chi connectivity index (χ2n) is 5.76. The van der Waals surface area contributed by atoms with Gasteiger partial charge in [-0.05, 0) is 19.3 Å². The molecule has 0 saturated carbocycles. The van der Waals surface area contributed by atoms with E-state index in [2.05, 4.69) is 42.6 Å². The van der Waals surface area contributed by atoms with Crippen LogP contribution in [0.5, 0.6) is 0 Å². The summed E-state index contributed by atoms with van der Waals surface area (Å²) in [5, 5.41) is 0.452. The van der Waals surface area contributed by atoms with E-state index >= 15 is 0 Å². The van der Waals surface area contributed by atoms with Gasteiger partial charge in [-0.25, -0.2) is 9.97 Å². The molecule has 108 valence electrons. The maximum absolute atomic E-state index is 6.06. The van der Waals surface area contributed by atoms with Crippen LogP contribution in [0.15, 0.2) is 6.07 Å². The molecule has 1 heterocycles. The van der Waals surface area contributed by atoms with Crippen LogP contribution in [0.2, 0.25) is 5.15 Å². The van der Waals surface area contributed by atoms with E-state index in [0.29, 0.717) is 30.2 Å². The summed E-state index contributed by atoms with van der Waals surface area (Å²) in [4.78, 5) is 10.8. The van der Waals surface area contributed by atoms with Crippen LogP contribution in [0.3, 0.4) is 0 Å². The maximum atomic E-state index is 6.06. The topological polar surface area (TPSA) is 38.2 Å². The molecule has 0 fully saturated rings. The van der Waals surface area contributed by atoms with E-state index in [0.717, 1.165) is 5.82 Å². The Hall–Kier alpha value is -0.870. The average Bonchev–Trinajstić information content (AvgIpc) is 2.32. The van der Waals surface area contributed by atoms with Crippen LogP contribution < -0.4 is 4.90 Å². The van der Waals surface area contributed by atoms with Gasteiger partial charge in [0.05, 0.1) is 0 Å². The predicted octanol–water partition coefficient (Wildman–Crippen LogP) is 3.54. The number of halogens is 1. The molecule has 0 saturated heterocycles. The molecule has 0 aliphatic rings. The minimum atomic E-state index is 0.159. The van der Waals surface area contributed by atoms with E-state index < -0.39 is 0 Å². The number of nitrogens with zero attached hydrogens (tertiary/aromatic N) is 3. The second-order valence-corrected chi connectivity index (χ2v) is 6.14. The number of hydrogen-bond donors (Lipinski definition) is 0. The fourth-order valence-electron chi connectivity index (χ4n) is 1.67. The molecule has 1 aromatic rings. The molecule has 0 aromatic carbocycles. The molecule has 19 heavy (non-hydrogen) atoms. The van der Waals surface area contributed by atoms with E-state index in [4.69, 9.17) is 16.3 Å². The van der Waals surface area contributed by atoms with Gasteiger partial charge in [-0.2, -0.15) is 0 Å². The lowest BCUT2D eigenvalue weighted by atomic mass is 9.87. The van der Waals surface area contributed by atoms with Gasteiger partial charge in [0.2, 0.25) is 0 Å². The van der Waals surface area contributed by atoms with Crippen molar-refractivity contribution >= 4 is 17.4 Å². The first kappa shape index (κ1) is 16.2. The molecule has 1 aromatic heterocycles. The molecule has 4 nitrogen and oxygen atoms in total. The van der Waals surface area contributed by atoms with Crippen molar-refractivity contribution in [2.45, 2.75) is 47.3 Å². The molecule has 0 bridgehead atoms. The standard InChI is InChI=1S/C14H24ClN3O/c1-7-19-9-12-16-11(15)8-13(17-12)18(6)10(2)14(3,4)5/h8,10H,7,9H2,1-6H3.